The van der Waals surface area contributed by atoms with E-state index in [0.29, 0.717) is 18.8 Å². The molecule has 0 aromatic carbocycles. The Hall–Kier alpha value is -1.36. The minimum Gasteiger partial charge on any atom is -0.271 e. The van der Waals surface area contributed by atoms with Crippen LogP contribution in [0.1, 0.15) is 35.9 Å². The molecule has 5 nitrogen and oxygen atoms in total. The average molecular weight is 223 g/mol. The van der Waals surface area contributed by atoms with Crippen molar-refractivity contribution in [3.63, 3.8) is 0 Å². The standard InChI is InChI=1S/C11H17N3O2/c1-3-9-8-10(13(2)12-9)11(15)14-6-4-5-7-16-14/h8H,3-7H2,1-2H3. The minimum atomic E-state index is -0.0885. The number of hydroxylamine groups is 2. The van der Waals surface area contributed by atoms with Crippen LogP contribution in [-0.4, -0.2) is 33.9 Å². The van der Waals surface area contributed by atoms with Crippen LogP contribution in [-0.2, 0) is 18.3 Å². The fraction of sp³-hybridized carbons (Fsp3) is 0.636. The molecule has 1 saturated heterocycles. The van der Waals surface area contributed by atoms with Crippen molar-refractivity contribution in [3.8, 4) is 0 Å². The van der Waals surface area contributed by atoms with E-state index in [4.69, 9.17) is 4.84 Å². The zero-order valence-corrected chi connectivity index (χ0v) is 9.77. The summed E-state index contributed by atoms with van der Waals surface area (Å²) in [7, 11) is 1.79. The molecule has 1 aliphatic rings. The van der Waals surface area contributed by atoms with Gasteiger partial charge < -0.3 is 0 Å². The first-order valence-corrected chi connectivity index (χ1v) is 5.70. The third-order valence-corrected chi connectivity index (χ3v) is 2.74. The largest absolute Gasteiger partial charge is 0.295 e. The predicted octanol–water partition coefficient (Wildman–Crippen LogP) is 1.15. The van der Waals surface area contributed by atoms with E-state index in [0.717, 1.165) is 25.0 Å². The van der Waals surface area contributed by atoms with E-state index in [1.165, 1.54) is 5.06 Å². The van der Waals surface area contributed by atoms with Crippen LogP contribution in [0.2, 0.25) is 0 Å². The maximum atomic E-state index is 12.1. The average Bonchev–Trinajstić information content (AvgIpc) is 2.71. The van der Waals surface area contributed by atoms with Crippen molar-refractivity contribution in [2.75, 3.05) is 13.2 Å². The highest BCUT2D eigenvalue weighted by Crippen LogP contribution is 2.12. The number of amides is 1. The summed E-state index contributed by atoms with van der Waals surface area (Å²) in [6, 6.07) is 1.83. The Kier molecular flexibility index (Phi) is 3.24. The second-order valence-corrected chi connectivity index (χ2v) is 3.95. The third-order valence-electron chi connectivity index (χ3n) is 2.74. The maximum Gasteiger partial charge on any atom is 0.295 e. The summed E-state index contributed by atoms with van der Waals surface area (Å²) in [6.07, 6.45) is 2.86. The van der Waals surface area contributed by atoms with Crippen LogP contribution in [0.5, 0.6) is 0 Å². The van der Waals surface area contributed by atoms with Gasteiger partial charge in [-0.15, -0.1) is 0 Å². The Morgan fingerprint density at radius 1 is 1.56 bits per heavy atom. The molecule has 1 fully saturated rings. The van der Waals surface area contributed by atoms with Crippen LogP contribution in [0.25, 0.3) is 0 Å². The molecule has 0 aliphatic carbocycles. The monoisotopic (exact) mass is 223 g/mol. The second kappa shape index (κ2) is 4.65. The van der Waals surface area contributed by atoms with E-state index < -0.39 is 0 Å². The number of hydrogen-bond acceptors (Lipinski definition) is 3. The minimum absolute atomic E-state index is 0.0885. The zero-order chi connectivity index (χ0) is 11.5. The van der Waals surface area contributed by atoms with Crippen molar-refractivity contribution in [2.45, 2.75) is 26.2 Å². The van der Waals surface area contributed by atoms with Crippen molar-refractivity contribution in [3.05, 3.63) is 17.5 Å². The number of hydrogen-bond donors (Lipinski definition) is 0. The molecular weight excluding hydrogens is 206 g/mol. The fourth-order valence-electron chi connectivity index (χ4n) is 1.78. The molecule has 1 aliphatic heterocycles. The van der Waals surface area contributed by atoms with Gasteiger partial charge in [0.15, 0.2) is 0 Å². The Bertz CT molecular complexity index is 381. The molecule has 0 atom stereocenters. The number of nitrogens with zero attached hydrogens (tertiary/aromatic N) is 3. The van der Waals surface area contributed by atoms with Gasteiger partial charge >= 0.3 is 0 Å². The first-order valence-electron chi connectivity index (χ1n) is 5.70. The van der Waals surface area contributed by atoms with Crippen LogP contribution in [0.3, 0.4) is 0 Å². The number of aromatic nitrogens is 2. The molecule has 0 N–H and O–H groups in total. The third kappa shape index (κ3) is 2.09. The molecule has 0 bridgehead atoms. The Morgan fingerprint density at radius 3 is 2.94 bits per heavy atom. The highest BCUT2D eigenvalue weighted by molar-refractivity contribution is 5.92. The van der Waals surface area contributed by atoms with Crippen molar-refractivity contribution in [2.24, 2.45) is 7.05 Å². The Labute approximate surface area is 94.9 Å². The summed E-state index contributed by atoms with van der Waals surface area (Å²) in [6.45, 7) is 3.32. The topological polar surface area (TPSA) is 47.4 Å². The smallest absolute Gasteiger partial charge is 0.271 e. The molecular formula is C11H17N3O2. The van der Waals surface area contributed by atoms with E-state index in [-0.39, 0.29) is 5.91 Å². The van der Waals surface area contributed by atoms with Crippen molar-refractivity contribution >= 4 is 5.91 Å². The number of carbonyl (C=O) groups excluding carboxylic acids is 1. The van der Waals surface area contributed by atoms with E-state index in [2.05, 4.69) is 5.10 Å². The number of aryl methyl sites for hydroxylation is 2. The van der Waals surface area contributed by atoms with Gasteiger partial charge in [0.1, 0.15) is 5.69 Å². The van der Waals surface area contributed by atoms with Gasteiger partial charge in [0.05, 0.1) is 12.3 Å². The van der Waals surface area contributed by atoms with Gasteiger partial charge in [0, 0.05) is 13.6 Å². The summed E-state index contributed by atoms with van der Waals surface area (Å²) in [5, 5.41) is 5.70. The first kappa shape index (κ1) is 11.1. The lowest BCUT2D eigenvalue weighted by atomic mass is 10.2. The van der Waals surface area contributed by atoms with Gasteiger partial charge in [0.2, 0.25) is 0 Å². The summed E-state index contributed by atoms with van der Waals surface area (Å²) in [4.78, 5) is 17.4. The lowest BCUT2D eigenvalue weighted by Crippen LogP contribution is -2.36. The van der Waals surface area contributed by atoms with Gasteiger partial charge in [-0.25, -0.2) is 5.06 Å². The maximum absolute atomic E-state index is 12.1. The fourth-order valence-corrected chi connectivity index (χ4v) is 1.78. The second-order valence-electron chi connectivity index (χ2n) is 3.95. The molecule has 1 aromatic heterocycles. The summed E-state index contributed by atoms with van der Waals surface area (Å²) in [5.41, 5.74) is 1.53. The molecule has 1 aromatic rings. The highest BCUT2D eigenvalue weighted by Gasteiger charge is 2.22. The first-order chi connectivity index (χ1) is 7.72. The highest BCUT2D eigenvalue weighted by atomic mass is 16.7. The van der Waals surface area contributed by atoms with Crippen molar-refractivity contribution in [1.29, 1.82) is 0 Å². The van der Waals surface area contributed by atoms with Crippen LogP contribution in [0.4, 0.5) is 0 Å². The molecule has 2 rings (SSSR count). The SMILES string of the molecule is CCc1cc(C(=O)N2CCCCO2)n(C)n1. The molecule has 16 heavy (non-hydrogen) atoms. The van der Waals surface area contributed by atoms with E-state index in [1.807, 2.05) is 13.0 Å². The molecule has 88 valence electrons. The predicted molar refractivity (Wildman–Crippen MR) is 58.8 cm³/mol. The van der Waals surface area contributed by atoms with Crippen LogP contribution >= 0.6 is 0 Å². The molecule has 0 spiro atoms. The molecule has 0 unspecified atom stereocenters. The van der Waals surface area contributed by atoms with Gasteiger partial charge in [0.25, 0.3) is 5.91 Å². The molecule has 2 heterocycles. The quantitative estimate of drug-likeness (QED) is 0.755. The summed E-state index contributed by atoms with van der Waals surface area (Å²) in [5.74, 6) is -0.0885. The van der Waals surface area contributed by atoms with Gasteiger partial charge in [-0.1, -0.05) is 6.92 Å². The number of rotatable bonds is 2. The van der Waals surface area contributed by atoms with Gasteiger partial charge in [-0.05, 0) is 25.3 Å². The summed E-state index contributed by atoms with van der Waals surface area (Å²) >= 11 is 0. The lowest BCUT2D eigenvalue weighted by Gasteiger charge is -2.25. The van der Waals surface area contributed by atoms with Crippen LogP contribution in [0.15, 0.2) is 6.07 Å². The van der Waals surface area contributed by atoms with Gasteiger partial charge in [-0.3, -0.25) is 14.3 Å². The molecule has 0 saturated carbocycles. The molecule has 0 radical (unpaired) electrons. The van der Waals surface area contributed by atoms with E-state index in [9.17, 15) is 4.79 Å². The van der Waals surface area contributed by atoms with Gasteiger partial charge in [-0.2, -0.15) is 5.10 Å². The molecule has 1 amide bonds. The van der Waals surface area contributed by atoms with Crippen molar-refractivity contribution < 1.29 is 9.63 Å². The normalized spacial score (nSPS) is 16.5. The van der Waals surface area contributed by atoms with E-state index >= 15 is 0 Å². The Balaban J connectivity index is 2.15. The number of carbonyl (C=O) groups is 1. The Morgan fingerprint density at radius 2 is 2.38 bits per heavy atom. The van der Waals surface area contributed by atoms with Crippen LogP contribution < -0.4 is 0 Å². The zero-order valence-electron chi connectivity index (χ0n) is 9.77. The van der Waals surface area contributed by atoms with Crippen LogP contribution in [0, 0.1) is 0 Å². The lowest BCUT2D eigenvalue weighted by molar-refractivity contribution is -0.144. The molecule has 5 heteroatoms. The summed E-state index contributed by atoms with van der Waals surface area (Å²) < 4.78 is 1.62. The van der Waals surface area contributed by atoms with Crippen molar-refractivity contribution in [1.82, 2.24) is 14.8 Å². The van der Waals surface area contributed by atoms with E-state index in [1.54, 1.807) is 11.7 Å².